The molecule has 0 aliphatic rings. The molecule has 1 aromatic rings. The fraction of sp³-hybridized carbons (Fsp3) is 0.750. The van der Waals surface area contributed by atoms with Gasteiger partial charge in [0.2, 0.25) is 0 Å². The molecule has 0 aromatic carbocycles. The first kappa shape index (κ1) is 10.7. The quantitative estimate of drug-likeness (QED) is 0.845. The zero-order valence-corrected chi connectivity index (χ0v) is 9.67. The first-order valence-electron chi connectivity index (χ1n) is 4.37. The van der Waals surface area contributed by atoms with Crippen molar-refractivity contribution in [3.05, 3.63) is 5.15 Å². The van der Waals surface area contributed by atoms with Gasteiger partial charge in [-0.1, -0.05) is 25.4 Å². The Morgan fingerprint density at radius 2 is 2.00 bits per heavy atom. The van der Waals surface area contributed by atoms with Crippen LogP contribution < -0.4 is 5.32 Å². The van der Waals surface area contributed by atoms with Gasteiger partial charge in [0.1, 0.15) is 0 Å². The predicted molar refractivity (Wildman–Crippen MR) is 57.5 cm³/mol. The molecular weight excluding hydrogens is 206 g/mol. The fourth-order valence-corrected chi connectivity index (χ4v) is 1.61. The lowest BCUT2D eigenvalue weighted by molar-refractivity contribution is 0.477. The molecule has 1 rings (SSSR count). The zero-order chi connectivity index (χ0) is 9.90. The van der Waals surface area contributed by atoms with Crippen LogP contribution in [0.2, 0.25) is 5.15 Å². The van der Waals surface area contributed by atoms with E-state index in [0.717, 1.165) is 24.6 Å². The van der Waals surface area contributed by atoms with Crippen molar-refractivity contribution in [3.63, 3.8) is 0 Å². The molecule has 0 unspecified atom stereocenters. The van der Waals surface area contributed by atoms with Gasteiger partial charge in [0.25, 0.3) is 0 Å². The molecule has 74 valence electrons. The molecule has 0 atom stereocenters. The number of nitrogens with zero attached hydrogens (tertiary/aromatic N) is 2. The van der Waals surface area contributed by atoms with Crippen molar-refractivity contribution in [1.29, 1.82) is 0 Å². The average Bonchev–Trinajstić information content (AvgIpc) is 2.52. The lowest BCUT2D eigenvalue weighted by atomic mass is 9.96. The number of aromatic nitrogens is 2. The number of rotatable bonds is 4. The molecule has 0 bridgehead atoms. The summed E-state index contributed by atoms with van der Waals surface area (Å²) in [5.41, 5.74) is 0.0688. The van der Waals surface area contributed by atoms with Gasteiger partial charge in [-0.15, -0.1) is 0 Å². The van der Waals surface area contributed by atoms with Crippen molar-refractivity contribution in [2.45, 2.75) is 39.2 Å². The van der Waals surface area contributed by atoms with Crippen LogP contribution in [-0.2, 0) is 0 Å². The molecule has 0 saturated carbocycles. The number of nitrogens with one attached hydrogen (secondary N) is 1. The van der Waals surface area contributed by atoms with Crippen molar-refractivity contribution in [3.8, 4) is 0 Å². The van der Waals surface area contributed by atoms with Gasteiger partial charge >= 0.3 is 0 Å². The summed E-state index contributed by atoms with van der Waals surface area (Å²) in [6, 6.07) is 0. The Morgan fingerprint density at radius 1 is 1.38 bits per heavy atom. The van der Waals surface area contributed by atoms with Crippen molar-refractivity contribution in [2.24, 2.45) is 0 Å². The third-order valence-corrected chi connectivity index (χ3v) is 3.32. The second-order valence-corrected chi connectivity index (χ2v) is 4.18. The molecule has 0 amide bonds. The van der Waals surface area contributed by atoms with Gasteiger partial charge in [-0.3, -0.25) is 0 Å². The molecular formula is C8H14ClN3S. The minimum atomic E-state index is 0.0688. The van der Waals surface area contributed by atoms with Crippen molar-refractivity contribution < 1.29 is 0 Å². The Bertz CT molecular complexity index is 270. The van der Waals surface area contributed by atoms with Crippen LogP contribution >= 0.6 is 23.3 Å². The smallest absolute Gasteiger partial charge is 0.186 e. The van der Waals surface area contributed by atoms with Crippen LogP contribution in [0.15, 0.2) is 0 Å². The minimum Gasteiger partial charge on any atom is -0.361 e. The average molecular weight is 220 g/mol. The molecule has 0 saturated heterocycles. The summed E-state index contributed by atoms with van der Waals surface area (Å²) in [5.74, 6) is 0.706. The number of halogens is 1. The Kier molecular flexibility index (Phi) is 3.50. The topological polar surface area (TPSA) is 37.8 Å². The molecule has 1 heterocycles. The Morgan fingerprint density at radius 3 is 2.38 bits per heavy atom. The van der Waals surface area contributed by atoms with Gasteiger partial charge in [-0.2, -0.15) is 8.75 Å². The van der Waals surface area contributed by atoms with Crippen molar-refractivity contribution >= 4 is 29.1 Å². The van der Waals surface area contributed by atoms with Gasteiger partial charge in [0, 0.05) is 5.54 Å². The van der Waals surface area contributed by atoms with Crippen molar-refractivity contribution in [2.75, 3.05) is 5.32 Å². The Labute approximate surface area is 87.8 Å². The van der Waals surface area contributed by atoms with Gasteiger partial charge < -0.3 is 5.32 Å². The summed E-state index contributed by atoms with van der Waals surface area (Å²) in [6.07, 6.45) is 2.08. The standard InChI is InChI=1S/C8H14ClN3S/c1-4-8(3,5-2)10-7-6(9)11-13-12-7/h4-5H2,1-3H3,(H,10,12). The van der Waals surface area contributed by atoms with E-state index in [2.05, 4.69) is 34.8 Å². The monoisotopic (exact) mass is 219 g/mol. The van der Waals surface area contributed by atoms with Crippen LogP contribution in [0.1, 0.15) is 33.6 Å². The van der Waals surface area contributed by atoms with Crippen LogP contribution in [-0.4, -0.2) is 14.3 Å². The van der Waals surface area contributed by atoms with E-state index in [0.29, 0.717) is 11.0 Å². The molecule has 0 aliphatic heterocycles. The van der Waals surface area contributed by atoms with Crippen LogP contribution in [0, 0.1) is 0 Å². The summed E-state index contributed by atoms with van der Waals surface area (Å²) >= 11 is 6.97. The van der Waals surface area contributed by atoms with Crippen LogP contribution in [0.3, 0.4) is 0 Å². The van der Waals surface area contributed by atoms with E-state index in [1.165, 1.54) is 0 Å². The maximum absolute atomic E-state index is 5.83. The number of hydrogen-bond donors (Lipinski definition) is 1. The molecule has 0 fully saturated rings. The highest BCUT2D eigenvalue weighted by Crippen LogP contribution is 2.25. The van der Waals surface area contributed by atoms with E-state index >= 15 is 0 Å². The molecule has 0 radical (unpaired) electrons. The van der Waals surface area contributed by atoms with Gasteiger partial charge in [-0.25, -0.2) is 0 Å². The number of anilines is 1. The van der Waals surface area contributed by atoms with Gasteiger partial charge in [0.05, 0.1) is 11.7 Å². The van der Waals surface area contributed by atoms with Crippen molar-refractivity contribution in [1.82, 2.24) is 8.75 Å². The summed E-state index contributed by atoms with van der Waals surface area (Å²) in [5, 5.41) is 3.78. The maximum Gasteiger partial charge on any atom is 0.186 e. The second kappa shape index (κ2) is 4.24. The summed E-state index contributed by atoms with van der Waals surface area (Å²) < 4.78 is 7.99. The zero-order valence-electron chi connectivity index (χ0n) is 8.09. The molecule has 3 nitrogen and oxygen atoms in total. The third kappa shape index (κ3) is 2.54. The van der Waals surface area contributed by atoms with Crippen LogP contribution in [0.5, 0.6) is 0 Å². The molecule has 1 aromatic heterocycles. The lowest BCUT2D eigenvalue weighted by Gasteiger charge is -2.27. The first-order valence-corrected chi connectivity index (χ1v) is 5.48. The fourth-order valence-electron chi connectivity index (χ4n) is 0.965. The third-order valence-electron chi connectivity index (χ3n) is 2.43. The highest BCUT2D eigenvalue weighted by molar-refractivity contribution is 6.99. The molecule has 13 heavy (non-hydrogen) atoms. The highest BCUT2D eigenvalue weighted by atomic mass is 35.5. The Balaban J connectivity index is 2.73. The normalized spacial score (nSPS) is 11.7. The van der Waals surface area contributed by atoms with Gasteiger partial charge in [0.15, 0.2) is 11.0 Å². The maximum atomic E-state index is 5.83. The summed E-state index contributed by atoms with van der Waals surface area (Å²) in [6.45, 7) is 6.44. The summed E-state index contributed by atoms with van der Waals surface area (Å²) in [7, 11) is 0. The van der Waals surface area contributed by atoms with E-state index in [4.69, 9.17) is 11.6 Å². The van der Waals surface area contributed by atoms with E-state index < -0.39 is 0 Å². The predicted octanol–water partition coefficient (Wildman–Crippen LogP) is 3.18. The summed E-state index contributed by atoms with van der Waals surface area (Å²) in [4.78, 5) is 0. The molecule has 0 aliphatic carbocycles. The highest BCUT2D eigenvalue weighted by Gasteiger charge is 2.21. The van der Waals surface area contributed by atoms with E-state index in [9.17, 15) is 0 Å². The second-order valence-electron chi connectivity index (χ2n) is 3.30. The van der Waals surface area contributed by atoms with Crippen LogP contribution in [0.25, 0.3) is 0 Å². The molecule has 1 N–H and O–H groups in total. The van der Waals surface area contributed by atoms with E-state index in [1.54, 1.807) is 0 Å². The van der Waals surface area contributed by atoms with E-state index in [1.807, 2.05) is 0 Å². The number of hydrogen-bond acceptors (Lipinski definition) is 4. The molecule has 5 heteroatoms. The lowest BCUT2D eigenvalue weighted by Crippen LogP contribution is -2.33. The first-order chi connectivity index (χ1) is 6.11. The largest absolute Gasteiger partial charge is 0.361 e. The minimum absolute atomic E-state index is 0.0688. The SMILES string of the molecule is CCC(C)(CC)Nc1nsnc1Cl. The Hall–Kier alpha value is -0.350. The molecule has 0 spiro atoms. The van der Waals surface area contributed by atoms with Gasteiger partial charge in [-0.05, 0) is 19.8 Å². The van der Waals surface area contributed by atoms with E-state index in [-0.39, 0.29) is 5.54 Å². The van der Waals surface area contributed by atoms with Crippen LogP contribution in [0.4, 0.5) is 5.82 Å².